The number of aromatic nitrogens is 3. The first-order valence-corrected chi connectivity index (χ1v) is 8.21. The minimum atomic E-state index is -0.416. The molecule has 1 amide bonds. The number of amides is 1. The Kier molecular flexibility index (Phi) is 3.96. The standard InChI is InChI=1S/C14H19N5O2S/c1-8(2)11(20)18-13-16-9(7-22-13)6-10-17-12(19-21-10)14(15)4-3-5-14/h7-8H,3-6,15H2,1-2H3,(H,16,18,20). The molecule has 2 aromatic rings. The number of thiazole rings is 1. The summed E-state index contributed by atoms with van der Waals surface area (Å²) in [5.74, 6) is 0.959. The molecule has 0 radical (unpaired) electrons. The Balaban J connectivity index is 1.64. The molecule has 0 aliphatic heterocycles. The zero-order valence-corrected chi connectivity index (χ0v) is 13.4. The van der Waals surface area contributed by atoms with Crippen molar-refractivity contribution in [2.75, 3.05) is 5.32 Å². The third-order valence-corrected chi connectivity index (χ3v) is 4.60. The molecule has 0 saturated heterocycles. The molecule has 1 saturated carbocycles. The van der Waals surface area contributed by atoms with Crippen molar-refractivity contribution in [3.05, 3.63) is 22.8 Å². The summed E-state index contributed by atoms with van der Waals surface area (Å²) in [4.78, 5) is 20.4. The minimum Gasteiger partial charge on any atom is -0.339 e. The molecule has 118 valence electrons. The molecule has 2 heterocycles. The quantitative estimate of drug-likeness (QED) is 0.872. The van der Waals surface area contributed by atoms with Crippen LogP contribution >= 0.6 is 11.3 Å². The second-order valence-corrected chi connectivity index (χ2v) is 6.84. The van der Waals surface area contributed by atoms with E-state index < -0.39 is 5.54 Å². The summed E-state index contributed by atoms with van der Waals surface area (Å²) < 4.78 is 5.26. The van der Waals surface area contributed by atoms with E-state index >= 15 is 0 Å². The van der Waals surface area contributed by atoms with Crippen molar-refractivity contribution in [1.82, 2.24) is 15.1 Å². The van der Waals surface area contributed by atoms with Crippen molar-refractivity contribution in [2.45, 2.75) is 45.1 Å². The fraction of sp³-hybridized carbons (Fsp3) is 0.571. The smallest absolute Gasteiger partial charge is 0.232 e. The number of nitrogens with zero attached hydrogens (tertiary/aromatic N) is 3. The summed E-state index contributed by atoms with van der Waals surface area (Å²) >= 11 is 1.38. The average molecular weight is 321 g/mol. The van der Waals surface area contributed by atoms with Crippen molar-refractivity contribution in [2.24, 2.45) is 11.7 Å². The van der Waals surface area contributed by atoms with E-state index in [0.29, 0.717) is 23.3 Å². The van der Waals surface area contributed by atoms with Crippen molar-refractivity contribution < 1.29 is 9.32 Å². The zero-order chi connectivity index (χ0) is 15.7. The number of rotatable bonds is 5. The van der Waals surface area contributed by atoms with Crippen LogP contribution in [0.3, 0.4) is 0 Å². The molecule has 0 atom stereocenters. The highest BCUT2D eigenvalue weighted by Gasteiger charge is 2.38. The van der Waals surface area contributed by atoms with Crippen LogP contribution in [-0.4, -0.2) is 21.0 Å². The maximum absolute atomic E-state index is 11.6. The molecule has 2 aromatic heterocycles. The van der Waals surface area contributed by atoms with Gasteiger partial charge in [0.05, 0.1) is 17.7 Å². The van der Waals surface area contributed by atoms with Gasteiger partial charge < -0.3 is 15.6 Å². The van der Waals surface area contributed by atoms with Crippen LogP contribution in [-0.2, 0) is 16.8 Å². The van der Waals surface area contributed by atoms with Crippen molar-refractivity contribution >= 4 is 22.4 Å². The Morgan fingerprint density at radius 1 is 1.50 bits per heavy atom. The van der Waals surface area contributed by atoms with E-state index in [2.05, 4.69) is 20.4 Å². The molecule has 8 heteroatoms. The van der Waals surface area contributed by atoms with Gasteiger partial charge in [0.25, 0.3) is 0 Å². The van der Waals surface area contributed by atoms with Crippen LogP contribution in [0, 0.1) is 5.92 Å². The number of hydrogen-bond donors (Lipinski definition) is 2. The predicted molar refractivity (Wildman–Crippen MR) is 82.4 cm³/mol. The van der Waals surface area contributed by atoms with Crippen LogP contribution in [0.2, 0.25) is 0 Å². The van der Waals surface area contributed by atoms with Crippen LogP contribution in [0.1, 0.15) is 50.5 Å². The zero-order valence-electron chi connectivity index (χ0n) is 12.6. The van der Waals surface area contributed by atoms with Gasteiger partial charge in [0.1, 0.15) is 0 Å². The lowest BCUT2D eigenvalue weighted by Crippen LogP contribution is -2.44. The van der Waals surface area contributed by atoms with Gasteiger partial charge in [-0.15, -0.1) is 11.3 Å². The number of carbonyl (C=O) groups is 1. The molecular weight excluding hydrogens is 302 g/mol. The van der Waals surface area contributed by atoms with E-state index in [1.807, 2.05) is 19.2 Å². The monoisotopic (exact) mass is 321 g/mol. The van der Waals surface area contributed by atoms with Gasteiger partial charge in [0, 0.05) is 11.3 Å². The van der Waals surface area contributed by atoms with Gasteiger partial charge in [-0.25, -0.2) is 4.98 Å². The lowest BCUT2D eigenvalue weighted by atomic mass is 9.77. The lowest BCUT2D eigenvalue weighted by Gasteiger charge is -2.34. The summed E-state index contributed by atoms with van der Waals surface area (Å²) in [7, 11) is 0. The van der Waals surface area contributed by atoms with E-state index in [1.165, 1.54) is 11.3 Å². The summed E-state index contributed by atoms with van der Waals surface area (Å²) in [5, 5.41) is 9.22. The predicted octanol–water partition coefficient (Wildman–Crippen LogP) is 2.05. The van der Waals surface area contributed by atoms with Gasteiger partial charge in [-0.1, -0.05) is 19.0 Å². The molecule has 22 heavy (non-hydrogen) atoms. The molecule has 3 rings (SSSR count). The molecular formula is C14H19N5O2S. The van der Waals surface area contributed by atoms with Crippen LogP contribution in [0.5, 0.6) is 0 Å². The Labute approximate surface area is 132 Å². The van der Waals surface area contributed by atoms with Crippen LogP contribution < -0.4 is 11.1 Å². The molecule has 0 bridgehead atoms. The van der Waals surface area contributed by atoms with E-state index in [4.69, 9.17) is 10.3 Å². The van der Waals surface area contributed by atoms with Crippen molar-refractivity contribution in [3.8, 4) is 0 Å². The molecule has 0 spiro atoms. The Hall–Kier alpha value is -1.80. The Morgan fingerprint density at radius 2 is 2.27 bits per heavy atom. The highest BCUT2D eigenvalue weighted by Crippen LogP contribution is 2.37. The lowest BCUT2D eigenvalue weighted by molar-refractivity contribution is -0.118. The number of carbonyl (C=O) groups excluding carboxylic acids is 1. The largest absolute Gasteiger partial charge is 0.339 e. The first kappa shape index (κ1) is 15.1. The summed E-state index contributed by atoms with van der Waals surface area (Å²) in [6.45, 7) is 3.68. The molecule has 0 unspecified atom stereocenters. The molecule has 1 fully saturated rings. The summed E-state index contributed by atoms with van der Waals surface area (Å²) in [5.41, 5.74) is 6.55. The van der Waals surface area contributed by atoms with Gasteiger partial charge >= 0.3 is 0 Å². The topological polar surface area (TPSA) is 107 Å². The first-order valence-electron chi connectivity index (χ1n) is 7.33. The van der Waals surface area contributed by atoms with Gasteiger partial charge in [-0.2, -0.15) is 4.98 Å². The second-order valence-electron chi connectivity index (χ2n) is 5.99. The van der Waals surface area contributed by atoms with E-state index in [0.717, 1.165) is 25.0 Å². The minimum absolute atomic E-state index is 0.0453. The second kappa shape index (κ2) is 5.77. The van der Waals surface area contributed by atoms with Crippen molar-refractivity contribution in [1.29, 1.82) is 0 Å². The van der Waals surface area contributed by atoms with Crippen molar-refractivity contribution in [3.63, 3.8) is 0 Å². The number of hydrogen-bond acceptors (Lipinski definition) is 7. The average Bonchev–Trinajstić information content (AvgIpc) is 3.06. The van der Waals surface area contributed by atoms with E-state index in [-0.39, 0.29) is 11.8 Å². The van der Waals surface area contributed by atoms with Gasteiger partial charge in [0.2, 0.25) is 11.8 Å². The summed E-state index contributed by atoms with van der Waals surface area (Å²) in [6.07, 6.45) is 3.34. The molecule has 3 N–H and O–H groups in total. The third kappa shape index (κ3) is 3.02. The number of anilines is 1. The molecule has 1 aliphatic carbocycles. The molecule has 1 aliphatic rings. The summed E-state index contributed by atoms with van der Waals surface area (Å²) in [6, 6.07) is 0. The van der Waals surface area contributed by atoms with Gasteiger partial charge in [-0.3, -0.25) is 4.79 Å². The van der Waals surface area contributed by atoms with Gasteiger partial charge in [-0.05, 0) is 19.3 Å². The number of nitrogens with one attached hydrogen (secondary N) is 1. The Bertz CT molecular complexity index is 674. The maximum Gasteiger partial charge on any atom is 0.232 e. The molecule has 0 aromatic carbocycles. The molecule has 7 nitrogen and oxygen atoms in total. The Morgan fingerprint density at radius 3 is 2.91 bits per heavy atom. The van der Waals surface area contributed by atoms with Gasteiger partial charge in [0.15, 0.2) is 11.0 Å². The van der Waals surface area contributed by atoms with Crippen LogP contribution in [0.15, 0.2) is 9.90 Å². The third-order valence-electron chi connectivity index (χ3n) is 3.80. The first-order chi connectivity index (χ1) is 10.5. The van der Waals surface area contributed by atoms with E-state index in [9.17, 15) is 4.79 Å². The maximum atomic E-state index is 11.6. The highest BCUT2D eigenvalue weighted by molar-refractivity contribution is 7.13. The van der Waals surface area contributed by atoms with Crippen LogP contribution in [0.4, 0.5) is 5.13 Å². The highest BCUT2D eigenvalue weighted by atomic mass is 32.1. The van der Waals surface area contributed by atoms with E-state index in [1.54, 1.807) is 0 Å². The number of nitrogens with two attached hydrogens (primary N) is 1. The van der Waals surface area contributed by atoms with Crippen LogP contribution in [0.25, 0.3) is 0 Å². The fourth-order valence-electron chi connectivity index (χ4n) is 2.16. The fourth-order valence-corrected chi connectivity index (χ4v) is 2.87. The SMILES string of the molecule is CC(C)C(=O)Nc1nc(Cc2nc(C3(N)CCC3)no2)cs1. The normalized spacial score (nSPS) is 16.5.